The van der Waals surface area contributed by atoms with Crippen molar-refractivity contribution < 1.29 is 13.2 Å². The van der Waals surface area contributed by atoms with Gasteiger partial charge in [0.1, 0.15) is 5.82 Å². The highest BCUT2D eigenvalue weighted by Gasteiger charge is 2.30. The van der Waals surface area contributed by atoms with Gasteiger partial charge in [-0.1, -0.05) is 18.2 Å². The number of hydrogen-bond acceptors (Lipinski definition) is 2. The lowest BCUT2D eigenvalue weighted by Crippen LogP contribution is -2.16. The second-order valence-corrected chi connectivity index (χ2v) is 4.60. The van der Waals surface area contributed by atoms with Gasteiger partial charge in [-0.15, -0.1) is 0 Å². The van der Waals surface area contributed by atoms with E-state index in [4.69, 9.17) is 0 Å². The fourth-order valence-corrected chi connectivity index (χ4v) is 1.84. The molecule has 0 spiro atoms. The molecule has 0 aliphatic carbocycles. The number of nitrogens with one attached hydrogen (secondary N) is 1. The molecule has 2 aromatic rings. The van der Waals surface area contributed by atoms with E-state index in [-0.39, 0.29) is 12.0 Å². The minimum absolute atomic E-state index is 0.153. The molecule has 0 amide bonds. The highest BCUT2D eigenvalue weighted by molar-refractivity contribution is 5.28. The summed E-state index contributed by atoms with van der Waals surface area (Å²) in [5.41, 5.74) is 0.570. The van der Waals surface area contributed by atoms with Crippen LogP contribution < -0.4 is 5.56 Å². The molecule has 0 atom stereocenters. The van der Waals surface area contributed by atoms with Crippen molar-refractivity contribution in [3.8, 4) is 0 Å². The molecule has 0 bridgehead atoms. The topological polar surface area (TPSA) is 45.8 Å². The van der Waals surface area contributed by atoms with Crippen molar-refractivity contribution in [1.29, 1.82) is 0 Å². The van der Waals surface area contributed by atoms with Gasteiger partial charge < -0.3 is 4.98 Å². The fourth-order valence-electron chi connectivity index (χ4n) is 1.84. The van der Waals surface area contributed by atoms with Crippen LogP contribution in [-0.4, -0.2) is 9.97 Å². The quantitative estimate of drug-likeness (QED) is 0.920. The van der Waals surface area contributed by atoms with Crippen molar-refractivity contribution in [3.05, 3.63) is 62.8 Å². The first-order chi connectivity index (χ1) is 9.27. The molecule has 6 heteroatoms. The van der Waals surface area contributed by atoms with Gasteiger partial charge in [0.15, 0.2) is 0 Å². The Kier molecular flexibility index (Phi) is 3.65. The van der Waals surface area contributed by atoms with Crippen LogP contribution in [0.1, 0.15) is 28.2 Å². The van der Waals surface area contributed by atoms with Crippen molar-refractivity contribution in [1.82, 2.24) is 9.97 Å². The summed E-state index contributed by atoms with van der Waals surface area (Å²) in [5, 5.41) is 0. The maximum Gasteiger partial charge on any atom is 0.416 e. The van der Waals surface area contributed by atoms with Crippen molar-refractivity contribution >= 4 is 0 Å². The molecule has 1 heterocycles. The molecule has 106 valence electrons. The number of halogens is 3. The molecule has 1 aromatic carbocycles. The second-order valence-electron chi connectivity index (χ2n) is 4.60. The molecular weight excluding hydrogens is 269 g/mol. The largest absolute Gasteiger partial charge is 0.416 e. The maximum atomic E-state index is 12.6. The SMILES string of the molecule is Cc1nc(Cc2cccc(C(F)(F)F)c2)[nH]c(=O)c1C. The third kappa shape index (κ3) is 3.07. The van der Waals surface area contributed by atoms with Gasteiger partial charge in [-0.3, -0.25) is 4.79 Å². The molecule has 0 unspecified atom stereocenters. The van der Waals surface area contributed by atoms with Gasteiger partial charge in [0, 0.05) is 17.7 Å². The van der Waals surface area contributed by atoms with Crippen molar-refractivity contribution in [2.75, 3.05) is 0 Å². The van der Waals surface area contributed by atoms with Crippen LogP contribution in [0.4, 0.5) is 13.2 Å². The Hall–Kier alpha value is -2.11. The van der Waals surface area contributed by atoms with Gasteiger partial charge in [-0.05, 0) is 25.5 Å². The predicted molar refractivity (Wildman–Crippen MR) is 68.6 cm³/mol. The van der Waals surface area contributed by atoms with Gasteiger partial charge in [-0.25, -0.2) is 4.98 Å². The minimum atomic E-state index is -4.37. The number of aryl methyl sites for hydroxylation is 1. The third-order valence-corrected chi connectivity index (χ3v) is 3.07. The van der Waals surface area contributed by atoms with Crippen molar-refractivity contribution in [2.45, 2.75) is 26.4 Å². The van der Waals surface area contributed by atoms with Crippen molar-refractivity contribution in [3.63, 3.8) is 0 Å². The highest BCUT2D eigenvalue weighted by Crippen LogP contribution is 2.29. The molecule has 1 N–H and O–H groups in total. The number of aromatic amines is 1. The van der Waals surface area contributed by atoms with Crippen LogP contribution in [0.15, 0.2) is 29.1 Å². The molecule has 0 saturated heterocycles. The lowest BCUT2D eigenvalue weighted by Gasteiger charge is -2.09. The normalized spacial score (nSPS) is 11.7. The van der Waals surface area contributed by atoms with Crippen LogP contribution in [0.3, 0.4) is 0 Å². The Bertz CT molecular complexity index is 690. The third-order valence-electron chi connectivity index (χ3n) is 3.07. The lowest BCUT2D eigenvalue weighted by atomic mass is 10.1. The molecule has 1 aromatic heterocycles. The Labute approximate surface area is 113 Å². The van der Waals surface area contributed by atoms with Gasteiger partial charge >= 0.3 is 6.18 Å². The van der Waals surface area contributed by atoms with E-state index in [9.17, 15) is 18.0 Å². The number of benzene rings is 1. The van der Waals surface area contributed by atoms with E-state index in [0.717, 1.165) is 12.1 Å². The van der Waals surface area contributed by atoms with E-state index in [0.29, 0.717) is 22.6 Å². The maximum absolute atomic E-state index is 12.6. The Morgan fingerprint density at radius 2 is 1.95 bits per heavy atom. The fraction of sp³-hybridized carbons (Fsp3) is 0.286. The van der Waals surface area contributed by atoms with E-state index in [2.05, 4.69) is 9.97 Å². The standard InChI is InChI=1S/C14H13F3N2O/c1-8-9(2)18-12(19-13(8)20)7-10-4-3-5-11(6-10)14(15,16)17/h3-6H,7H2,1-2H3,(H,18,19,20). The molecule has 3 nitrogen and oxygen atoms in total. The van der Waals surface area contributed by atoms with Crippen LogP contribution in [0.5, 0.6) is 0 Å². The molecule has 0 saturated carbocycles. The van der Waals surface area contributed by atoms with Gasteiger partial charge in [0.2, 0.25) is 0 Å². The van der Waals surface area contributed by atoms with Gasteiger partial charge in [0.25, 0.3) is 5.56 Å². The molecule has 0 aliphatic rings. The molecule has 0 aliphatic heterocycles. The molecule has 0 fully saturated rings. The Morgan fingerprint density at radius 1 is 1.25 bits per heavy atom. The van der Waals surface area contributed by atoms with E-state index in [1.165, 1.54) is 6.07 Å². The number of rotatable bonds is 2. The summed E-state index contributed by atoms with van der Waals surface area (Å²) in [6, 6.07) is 5.00. The number of H-pyrrole nitrogens is 1. The van der Waals surface area contributed by atoms with E-state index in [1.807, 2.05) is 0 Å². The summed E-state index contributed by atoms with van der Waals surface area (Å²) in [4.78, 5) is 18.4. The molecular formula is C14H13F3N2O. The van der Waals surface area contributed by atoms with Gasteiger partial charge in [-0.2, -0.15) is 13.2 Å². The smallest absolute Gasteiger partial charge is 0.310 e. The zero-order valence-electron chi connectivity index (χ0n) is 11.0. The average Bonchev–Trinajstić information content (AvgIpc) is 2.35. The monoisotopic (exact) mass is 282 g/mol. The Morgan fingerprint density at radius 3 is 2.55 bits per heavy atom. The van der Waals surface area contributed by atoms with Crippen molar-refractivity contribution in [2.24, 2.45) is 0 Å². The summed E-state index contributed by atoms with van der Waals surface area (Å²) in [6.07, 6.45) is -4.22. The van der Waals surface area contributed by atoms with Crippen LogP contribution >= 0.6 is 0 Å². The van der Waals surface area contributed by atoms with E-state index in [1.54, 1.807) is 19.9 Å². The second kappa shape index (κ2) is 5.11. The summed E-state index contributed by atoms with van der Waals surface area (Å²) >= 11 is 0. The molecule has 20 heavy (non-hydrogen) atoms. The average molecular weight is 282 g/mol. The summed E-state index contributed by atoms with van der Waals surface area (Å²) < 4.78 is 37.8. The Balaban J connectivity index is 2.33. The van der Waals surface area contributed by atoms with Crippen LogP contribution in [0, 0.1) is 13.8 Å². The molecule has 2 rings (SSSR count). The predicted octanol–water partition coefficient (Wildman–Crippen LogP) is 3.00. The summed E-state index contributed by atoms with van der Waals surface area (Å²) in [7, 11) is 0. The number of aromatic nitrogens is 2. The number of nitrogens with zero attached hydrogens (tertiary/aromatic N) is 1. The number of alkyl halides is 3. The zero-order chi connectivity index (χ0) is 14.9. The summed E-state index contributed by atoms with van der Waals surface area (Å²) in [5.74, 6) is 0.359. The van der Waals surface area contributed by atoms with E-state index >= 15 is 0 Å². The number of hydrogen-bond donors (Lipinski definition) is 1. The lowest BCUT2D eigenvalue weighted by molar-refractivity contribution is -0.137. The van der Waals surface area contributed by atoms with Crippen LogP contribution in [-0.2, 0) is 12.6 Å². The first kappa shape index (κ1) is 14.3. The minimum Gasteiger partial charge on any atom is -0.310 e. The summed E-state index contributed by atoms with van der Waals surface area (Å²) in [6.45, 7) is 3.34. The highest BCUT2D eigenvalue weighted by atomic mass is 19.4. The first-order valence-electron chi connectivity index (χ1n) is 6.00. The first-order valence-corrected chi connectivity index (χ1v) is 6.00. The van der Waals surface area contributed by atoms with Crippen LogP contribution in [0.25, 0.3) is 0 Å². The van der Waals surface area contributed by atoms with E-state index < -0.39 is 11.7 Å². The zero-order valence-corrected chi connectivity index (χ0v) is 11.0. The molecule has 0 radical (unpaired) electrons. The van der Waals surface area contributed by atoms with Crippen LogP contribution in [0.2, 0.25) is 0 Å². The van der Waals surface area contributed by atoms with Gasteiger partial charge in [0.05, 0.1) is 5.56 Å².